The molecule has 0 atom stereocenters. The van der Waals surface area contributed by atoms with E-state index < -0.39 is 0 Å². The van der Waals surface area contributed by atoms with Crippen LogP contribution in [0.1, 0.15) is 18.2 Å². The number of fused-ring (bicyclic) bond motifs is 1. The smallest absolute Gasteiger partial charge is 0.231 e. The second kappa shape index (κ2) is 9.03. The van der Waals surface area contributed by atoms with Crippen LogP contribution in [0.5, 0.6) is 0 Å². The molecule has 4 heterocycles. The van der Waals surface area contributed by atoms with Gasteiger partial charge in [-0.2, -0.15) is 5.26 Å². The highest BCUT2D eigenvalue weighted by Gasteiger charge is 2.21. The summed E-state index contributed by atoms with van der Waals surface area (Å²) in [6.07, 6.45) is 6.01. The van der Waals surface area contributed by atoms with Crippen LogP contribution in [0.25, 0.3) is 16.9 Å². The van der Waals surface area contributed by atoms with Crippen LogP contribution in [0.15, 0.2) is 42.9 Å². The number of benzene rings is 1. The molecule has 0 amide bonds. The molecule has 1 aromatic carbocycles. The maximum absolute atomic E-state index is 13.4. The van der Waals surface area contributed by atoms with Gasteiger partial charge < -0.3 is 10.2 Å². The second-order valence-corrected chi connectivity index (χ2v) is 8.06. The van der Waals surface area contributed by atoms with Crippen molar-refractivity contribution in [2.24, 2.45) is 0 Å². The van der Waals surface area contributed by atoms with E-state index >= 15 is 0 Å². The standard InChI is InChI=1S/C24H24FN9/c1-3-19-23(34-15-21(28-14-20(34)30-19)33-10-8-27-9-11-33)32(2)24-29-13-17(12-26)22(31-24)16-4-6-18(25)7-5-16/h4-7,13-15,27H,3,8-11H2,1-2H3. The van der Waals surface area contributed by atoms with Crippen molar-refractivity contribution in [3.05, 3.63) is 59.9 Å². The zero-order valence-corrected chi connectivity index (χ0v) is 19.0. The van der Waals surface area contributed by atoms with E-state index in [-0.39, 0.29) is 5.82 Å². The van der Waals surface area contributed by atoms with Crippen LogP contribution in [0, 0.1) is 17.1 Å². The topological polar surface area (TPSA) is 98.3 Å². The number of hydrogen-bond acceptors (Lipinski definition) is 8. The third kappa shape index (κ3) is 3.91. The molecule has 172 valence electrons. The van der Waals surface area contributed by atoms with E-state index in [1.807, 2.05) is 29.5 Å². The van der Waals surface area contributed by atoms with Crippen LogP contribution in [0.2, 0.25) is 0 Å². The van der Waals surface area contributed by atoms with Gasteiger partial charge >= 0.3 is 0 Å². The Balaban J connectivity index is 1.60. The first-order valence-corrected chi connectivity index (χ1v) is 11.2. The van der Waals surface area contributed by atoms with Gasteiger partial charge in [0.15, 0.2) is 5.65 Å². The van der Waals surface area contributed by atoms with E-state index in [0.29, 0.717) is 29.2 Å². The van der Waals surface area contributed by atoms with E-state index in [2.05, 4.69) is 31.2 Å². The zero-order chi connectivity index (χ0) is 23.7. The van der Waals surface area contributed by atoms with E-state index in [9.17, 15) is 9.65 Å². The first-order valence-electron chi connectivity index (χ1n) is 11.2. The lowest BCUT2D eigenvalue weighted by Crippen LogP contribution is -2.44. The fraction of sp³-hybridized carbons (Fsp3) is 0.292. The number of piperazine rings is 1. The molecule has 0 bridgehead atoms. The third-order valence-electron chi connectivity index (χ3n) is 5.95. The minimum absolute atomic E-state index is 0.322. The van der Waals surface area contributed by atoms with Gasteiger partial charge in [-0.05, 0) is 30.7 Å². The predicted molar refractivity (Wildman–Crippen MR) is 128 cm³/mol. The summed E-state index contributed by atoms with van der Waals surface area (Å²) >= 11 is 0. The molecule has 3 aromatic heterocycles. The van der Waals surface area contributed by atoms with Gasteiger partial charge in [-0.25, -0.2) is 24.3 Å². The van der Waals surface area contributed by atoms with Crippen molar-refractivity contribution in [2.45, 2.75) is 13.3 Å². The molecule has 0 spiro atoms. The van der Waals surface area contributed by atoms with Gasteiger partial charge in [0.05, 0.1) is 35.5 Å². The molecule has 1 aliphatic rings. The summed E-state index contributed by atoms with van der Waals surface area (Å²) in [5.74, 6) is 1.79. The molecule has 1 fully saturated rings. The van der Waals surface area contributed by atoms with Crippen molar-refractivity contribution in [1.82, 2.24) is 29.7 Å². The van der Waals surface area contributed by atoms with E-state index in [1.54, 1.807) is 18.3 Å². The molecular formula is C24H24FN9. The highest BCUT2D eigenvalue weighted by atomic mass is 19.1. The Morgan fingerprint density at radius 1 is 1.12 bits per heavy atom. The number of halogens is 1. The lowest BCUT2D eigenvalue weighted by atomic mass is 10.1. The third-order valence-corrected chi connectivity index (χ3v) is 5.95. The van der Waals surface area contributed by atoms with Gasteiger partial charge in [-0.3, -0.25) is 9.30 Å². The van der Waals surface area contributed by atoms with E-state index in [1.165, 1.54) is 18.3 Å². The minimum atomic E-state index is -0.346. The number of nitrogens with zero attached hydrogens (tertiary/aromatic N) is 8. The summed E-state index contributed by atoms with van der Waals surface area (Å²) in [4.78, 5) is 22.7. The van der Waals surface area contributed by atoms with E-state index in [0.717, 1.165) is 49.2 Å². The molecule has 1 N–H and O–H groups in total. The van der Waals surface area contributed by atoms with Crippen LogP contribution < -0.4 is 15.1 Å². The molecule has 0 saturated carbocycles. The van der Waals surface area contributed by atoms with Gasteiger partial charge in [0.2, 0.25) is 5.95 Å². The Morgan fingerprint density at radius 2 is 1.88 bits per heavy atom. The maximum Gasteiger partial charge on any atom is 0.231 e. The Labute approximate surface area is 196 Å². The SMILES string of the molecule is CCc1nc2cnc(N3CCNCC3)cn2c1N(C)c1ncc(C#N)c(-c2ccc(F)cc2)n1. The Hall–Kier alpha value is -4.10. The van der Waals surface area contributed by atoms with E-state index in [4.69, 9.17) is 4.98 Å². The van der Waals surface area contributed by atoms with Crippen LogP contribution >= 0.6 is 0 Å². The Morgan fingerprint density at radius 3 is 2.59 bits per heavy atom. The number of nitriles is 1. The summed E-state index contributed by atoms with van der Waals surface area (Å²) in [6.45, 7) is 5.66. The number of anilines is 3. The fourth-order valence-corrected chi connectivity index (χ4v) is 4.17. The van der Waals surface area contributed by atoms with Crippen LogP contribution in [-0.4, -0.2) is 57.6 Å². The van der Waals surface area contributed by atoms with Gasteiger partial charge in [0.25, 0.3) is 0 Å². The molecule has 10 heteroatoms. The van der Waals surface area contributed by atoms with Gasteiger partial charge in [0.1, 0.15) is 23.5 Å². The minimum Gasteiger partial charge on any atom is -0.353 e. The number of hydrogen-bond donors (Lipinski definition) is 1. The largest absolute Gasteiger partial charge is 0.353 e. The van der Waals surface area contributed by atoms with Gasteiger partial charge in [-0.1, -0.05) is 6.92 Å². The van der Waals surface area contributed by atoms with Crippen molar-refractivity contribution in [3.8, 4) is 17.3 Å². The molecule has 0 unspecified atom stereocenters. The Bertz CT molecular complexity index is 1370. The average molecular weight is 458 g/mol. The molecule has 5 rings (SSSR count). The van der Waals surface area contributed by atoms with Crippen molar-refractivity contribution in [2.75, 3.05) is 43.0 Å². The number of nitrogens with one attached hydrogen (secondary N) is 1. The predicted octanol–water partition coefficient (Wildman–Crippen LogP) is 2.94. The normalized spacial score (nSPS) is 13.8. The number of aryl methyl sites for hydroxylation is 1. The molecule has 9 nitrogen and oxygen atoms in total. The number of imidazole rings is 1. The lowest BCUT2D eigenvalue weighted by molar-refractivity contribution is 0.584. The molecular weight excluding hydrogens is 433 g/mol. The highest BCUT2D eigenvalue weighted by Crippen LogP contribution is 2.30. The van der Waals surface area contributed by atoms with Crippen LogP contribution in [0.3, 0.4) is 0 Å². The van der Waals surface area contributed by atoms with Crippen molar-refractivity contribution >= 4 is 23.2 Å². The first kappa shape index (κ1) is 21.7. The highest BCUT2D eigenvalue weighted by molar-refractivity contribution is 5.69. The first-order chi connectivity index (χ1) is 16.6. The van der Waals surface area contributed by atoms with Crippen molar-refractivity contribution in [1.29, 1.82) is 5.26 Å². The monoisotopic (exact) mass is 457 g/mol. The summed E-state index contributed by atoms with van der Waals surface area (Å²) in [7, 11) is 1.88. The lowest BCUT2D eigenvalue weighted by Gasteiger charge is -2.28. The van der Waals surface area contributed by atoms with Crippen molar-refractivity contribution < 1.29 is 4.39 Å². The second-order valence-electron chi connectivity index (χ2n) is 8.06. The maximum atomic E-state index is 13.4. The zero-order valence-electron chi connectivity index (χ0n) is 19.0. The molecule has 4 aromatic rings. The van der Waals surface area contributed by atoms with Crippen LogP contribution in [0.4, 0.5) is 22.0 Å². The Kier molecular flexibility index (Phi) is 5.77. The van der Waals surface area contributed by atoms with Gasteiger partial charge in [-0.15, -0.1) is 0 Å². The molecule has 0 aliphatic carbocycles. The molecule has 0 radical (unpaired) electrons. The van der Waals surface area contributed by atoms with Gasteiger partial charge in [0, 0.05) is 38.8 Å². The molecule has 1 saturated heterocycles. The number of aromatic nitrogens is 5. The summed E-state index contributed by atoms with van der Waals surface area (Å²) in [6, 6.07) is 8.06. The quantitative estimate of drug-likeness (QED) is 0.489. The summed E-state index contributed by atoms with van der Waals surface area (Å²) in [5.41, 5.74) is 3.05. The molecule has 1 aliphatic heterocycles. The number of rotatable bonds is 5. The fourth-order valence-electron chi connectivity index (χ4n) is 4.17. The van der Waals surface area contributed by atoms with Crippen LogP contribution in [-0.2, 0) is 6.42 Å². The average Bonchev–Trinajstić information content (AvgIpc) is 3.26. The molecule has 34 heavy (non-hydrogen) atoms. The summed E-state index contributed by atoms with van der Waals surface area (Å²) < 4.78 is 15.5. The van der Waals surface area contributed by atoms with Crippen molar-refractivity contribution in [3.63, 3.8) is 0 Å². The summed E-state index contributed by atoms with van der Waals surface area (Å²) in [5, 5.41) is 12.9.